The zero-order valence-corrected chi connectivity index (χ0v) is 19.2. The highest BCUT2D eigenvalue weighted by molar-refractivity contribution is 6.12. The van der Waals surface area contributed by atoms with Crippen LogP contribution in [-0.2, 0) is 9.53 Å². The van der Waals surface area contributed by atoms with Crippen molar-refractivity contribution in [2.75, 3.05) is 11.9 Å². The Bertz CT molecular complexity index is 1000. The van der Waals surface area contributed by atoms with Crippen molar-refractivity contribution in [3.05, 3.63) is 59.7 Å². The van der Waals surface area contributed by atoms with E-state index in [0.717, 1.165) is 12.1 Å². The van der Waals surface area contributed by atoms with Crippen molar-refractivity contribution >= 4 is 23.9 Å². The molecule has 0 aliphatic heterocycles. The van der Waals surface area contributed by atoms with Gasteiger partial charge in [-0.3, -0.25) is 4.79 Å². The van der Waals surface area contributed by atoms with Crippen LogP contribution >= 0.6 is 0 Å². The minimum Gasteiger partial charge on any atom is -0.444 e. The third-order valence-electron chi connectivity index (χ3n) is 4.57. The Morgan fingerprint density at radius 3 is 2.26 bits per heavy atom. The normalized spacial score (nSPS) is 13.4. The van der Waals surface area contributed by atoms with Gasteiger partial charge in [-0.2, -0.15) is 0 Å². The van der Waals surface area contributed by atoms with Gasteiger partial charge in [0.05, 0.1) is 6.04 Å². The largest absolute Gasteiger partial charge is 0.573 e. The van der Waals surface area contributed by atoms with Gasteiger partial charge in [-0.1, -0.05) is 37.3 Å². The number of alkyl carbamates (subject to hydrolysis) is 1. The van der Waals surface area contributed by atoms with Gasteiger partial charge in [0, 0.05) is 29.3 Å². The molecule has 0 radical (unpaired) electrons. The summed E-state index contributed by atoms with van der Waals surface area (Å²) < 4.78 is 47.3. The van der Waals surface area contributed by atoms with Crippen molar-refractivity contribution in [2.45, 2.75) is 45.7 Å². The minimum atomic E-state index is -4.93. The molecule has 0 bridgehead atoms. The summed E-state index contributed by atoms with van der Waals surface area (Å²) in [5.41, 5.74) is -0.352. The molecule has 0 unspecified atom stereocenters. The van der Waals surface area contributed by atoms with Gasteiger partial charge >= 0.3 is 12.5 Å². The number of nitrogens with one attached hydrogen (secondary N) is 2. The maximum atomic E-state index is 13.0. The topological polar surface area (TPSA) is 93.7 Å². The Labute approximate surface area is 195 Å². The summed E-state index contributed by atoms with van der Waals surface area (Å²) in [5.74, 6) is -1.71. The highest BCUT2D eigenvalue weighted by atomic mass is 19.4. The molecule has 10 heteroatoms. The molecular weight excluding hydrogens is 453 g/mol. The van der Waals surface area contributed by atoms with E-state index in [1.807, 2.05) is 0 Å². The molecule has 1 amide bonds. The average molecular weight is 480 g/mol. The summed E-state index contributed by atoms with van der Waals surface area (Å²) in [4.78, 5) is 36.6. The van der Waals surface area contributed by atoms with Crippen molar-refractivity contribution in [3.63, 3.8) is 0 Å². The monoisotopic (exact) mass is 480 g/mol. The first kappa shape index (κ1) is 26.7. The van der Waals surface area contributed by atoms with Crippen molar-refractivity contribution < 1.29 is 37.0 Å². The maximum Gasteiger partial charge on any atom is 0.573 e. The van der Waals surface area contributed by atoms with E-state index in [4.69, 9.17) is 4.74 Å². The van der Waals surface area contributed by atoms with Crippen molar-refractivity contribution in [2.24, 2.45) is 5.92 Å². The third kappa shape index (κ3) is 8.42. The number of halogens is 3. The summed E-state index contributed by atoms with van der Waals surface area (Å²) >= 11 is 0. The van der Waals surface area contributed by atoms with Gasteiger partial charge in [0.1, 0.15) is 17.6 Å². The lowest BCUT2D eigenvalue weighted by molar-refractivity contribution is -0.274. The van der Waals surface area contributed by atoms with Gasteiger partial charge in [0.2, 0.25) is 0 Å². The number of amides is 1. The molecule has 2 aromatic rings. The van der Waals surface area contributed by atoms with Crippen LogP contribution in [0.4, 0.5) is 23.7 Å². The molecule has 0 heterocycles. The van der Waals surface area contributed by atoms with E-state index in [0.29, 0.717) is 6.29 Å². The molecule has 2 atom stereocenters. The van der Waals surface area contributed by atoms with Gasteiger partial charge in [0.25, 0.3) is 0 Å². The predicted octanol–water partition coefficient (Wildman–Crippen LogP) is 4.96. The molecule has 0 aliphatic rings. The zero-order valence-electron chi connectivity index (χ0n) is 19.2. The van der Waals surface area contributed by atoms with Gasteiger partial charge in [-0.25, -0.2) is 4.79 Å². The molecule has 34 heavy (non-hydrogen) atoms. The number of carbonyl (C=O) groups is 3. The second-order valence-electron chi connectivity index (χ2n) is 8.58. The lowest BCUT2D eigenvalue weighted by Gasteiger charge is -2.26. The molecule has 0 aliphatic carbocycles. The van der Waals surface area contributed by atoms with E-state index < -0.39 is 41.5 Å². The van der Waals surface area contributed by atoms with Crippen LogP contribution in [0.3, 0.4) is 0 Å². The van der Waals surface area contributed by atoms with Crippen LogP contribution in [0.2, 0.25) is 0 Å². The van der Waals surface area contributed by atoms with Crippen LogP contribution in [0.15, 0.2) is 48.5 Å². The van der Waals surface area contributed by atoms with Gasteiger partial charge in [-0.15, -0.1) is 13.2 Å². The SMILES string of the molecule is C[C@H](C=O)[C@@H](CNc1ccc(OC(F)(F)F)cc1C(=O)c1ccccc1)NC(=O)OC(C)(C)C. The standard InChI is InChI=1S/C24H27F3N2O5/c1-15(14-30)20(29-22(32)34-23(2,3)4)13-28-19-11-10-17(33-24(25,26)27)12-18(19)21(31)16-8-6-5-7-9-16/h5-12,14-15,20,28H,13H2,1-4H3,(H,29,32)/t15-,20-/m1/s1. The zero-order chi connectivity index (χ0) is 25.5. The number of alkyl halides is 3. The lowest BCUT2D eigenvalue weighted by atomic mass is 10.00. The molecule has 0 spiro atoms. The number of aldehydes is 1. The Hall–Kier alpha value is -3.56. The fourth-order valence-corrected chi connectivity index (χ4v) is 2.95. The molecule has 2 aromatic carbocycles. The summed E-state index contributed by atoms with van der Waals surface area (Å²) in [6, 6.07) is 10.6. The molecule has 0 saturated carbocycles. The van der Waals surface area contributed by atoms with Gasteiger partial charge < -0.3 is 24.9 Å². The van der Waals surface area contributed by atoms with Crippen LogP contribution in [-0.4, -0.2) is 42.7 Å². The van der Waals surface area contributed by atoms with E-state index in [1.165, 1.54) is 18.2 Å². The predicted molar refractivity (Wildman–Crippen MR) is 120 cm³/mol. The van der Waals surface area contributed by atoms with E-state index >= 15 is 0 Å². The average Bonchev–Trinajstić information content (AvgIpc) is 2.74. The highest BCUT2D eigenvalue weighted by Crippen LogP contribution is 2.29. The summed E-state index contributed by atoms with van der Waals surface area (Å²) in [7, 11) is 0. The third-order valence-corrected chi connectivity index (χ3v) is 4.57. The highest BCUT2D eigenvalue weighted by Gasteiger charge is 2.32. The Balaban J connectivity index is 2.31. The maximum absolute atomic E-state index is 13.0. The Morgan fingerprint density at radius 2 is 1.71 bits per heavy atom. The first-order chi connectivity index (χ1) is 15.8. The lowest BCUT2D eigenvalue weighted by Crippen LogP contribution is -2.46. The molecule has 184 valence electrons. The number of ether oxygens (including phenoxy) is 2. The smallest absolute Gasteiger partial charge is 0.444 e. The first-order valence-electron chi connectivity index (χ1n) is 10.5. The van der Waals surface area contributed by atoms with Crippen molar-refractivity contribution in [1.29, 1.82) is 0 Å². The molecule has 0 saturated heterocycles. The van der Waals surface area contributed by atoms with Crippen LogP contribution in [0, 0.1) is 5.92 Å². The molecule has 0 aromatic heterocycles. The summed E-state index contributed by atoms with van der Waals surface area (Å²) in [6.45, 7) is 6.65. The van der Waals surface area contributed by atoms with E-state index in [1.54, 1.807) is 45.9 Å². The summed E-state index contributed by atoms with van der Waals surface area (Å²) in [5, 5.41) is 5.55. The molecule has 2 N–H and O–H groups in total. The van der Waals surface area contributed by atoms with E-state index in [-0.39, 0.29) is 23.4 Å². The molecular formula is C24H27F3N2O5. The number of hydrogen-bond donors (Lipinski definition) is 2. The quantitative estimate of drug-likeness (QED) is 0.389. The number of benzene rings is 2. The van der Waals surface area contributed by atoms with Crippen molar-refractivity contribution in [1.82, 2.24) is 5.32 Å². The molecule has 7 nitrogen and oxygen atoms in total. The van der Waals surface area contributed by atoms with Crippen LogP contribution in [0.25, 0.3) is 0 Å². The van der Waals surface area contributed by atoms with Crippen LogP contribution in [0.5, 0.6) is 5.75 Å². The van der Waals surface area contributed by atoms with Crippen LogP contribution in [0.1, 0.15) is 43.6 Å². The first-order valence-corrected chi connectivity index (χ1v) is 10.5. The fourth-order valence-electron chi connectivity index (χ4n) is 2.95. The number of anilines is 1. The van der Waals surface area contributed by atoms with Gasteiger partial charge in [-0.05, 0) is 39.0 Å². The van der Waals surface area contributed by atoms with Crippen LogP contribution < -0.4 is 15.4 Å². The molecule has 0 fully saturated rings. The minimum absolute atomic E-state index is 0.00626. The number of rotatable bonds is 9. The molecule has 2 rings (SSSR count). The summed E-state index contributed by atoms with van der Waals surface area (Å²) in [6.07, 6.45) is -5.01. The Kier molecular flexibility index (Phi) is 8.67. The van der Waals surface area contributed by atoms with E-state index in [2.05, 4.69) is 15.4 Å². The number of carbonyl (C=O) groups excluding carboxylic acids is 3. The van der Waals surface area contributed by atoms with Crippen molar-refractivity contribution in [3.8, 4) is 5.75 Å². The van der Waals surface area contributed by atoms with Gasteiger partial charge in [0.15, 0.2) is 5.78 Å². The Morgan fingerprint density at radius 1 is 1.06 bits per heavy atom. The van der Waals surface area contributed by atoms with E-state index in [9.17, 15) is 27.6 Å². The number of hydrogen-bond acceptors (Lipinski definition) is 6. The second-order valence-corrected chi connectivity index (χ2v) is 8.58. The second kappa shape index (κ2) is 11.0. The number of ketones is 1. The fraction of sp³-hybridized carbons (Fsp3) is 0.375.